The summed E-state index contributed by atoms with van der Waals surface area (Å²) in [6.45, 7) is 3.38. The van der Waals surface area contributed by atoms with Crippen LogP contribution in [0.3, 0.4) is 0 Å². The topological polar surface area (TPSA) is 133 Å². The molecular weight excluding hydrogens is 278 g/mol. The zero-order chi connectivity index (χ0) is 16.2. The van der Waals surface area contributed by atoms with Gasteiger partial charge in [-0.15, -0.1) is 0 Å². The summed E-state index contributed by atoms with van der Waals surface area (Å²) < 4.78 is 0. The SMILES string of the molecule is CC(C)C[C@H](N)C(=O)N1C[C@H](O)C[C@H]1C(=O)NCC(=O)O. The molecule has 0 radical (unpaired) electrons. The van der Waals surface area contributed by atoms with E-state index in [9.17, 15) is 19.5 Å². The number of aliphatic hydroxyl groups excluding tert-OH is 1. The van der Waals surface area contributed by atoms with Crippen LogP contribution in [0.4, 0.5) is 0 Å². The average Bonchev–Trinajstić information content (AvgIpc) is 2.76. The number of amides is 2. The van der Waals surface area contributed by atoms with Crippen molar-refractivity contribution in [2.24, 2.45) is 11.7 Å². The van der Waals surface area contributed by atoms with Crippen molar-refractivity contribution in [3.63, 3.8) is 0 Å². The molecule has 0 aromatic rings. The summed E-state index contributed by atoms with van der Waals surface area (Å²) in [5, 5.41) is 20.5. The molecule has 120 valence electrons. The van der Waals surface area contributed by atoms with Gasteiger partial charge in [0.2, 0.25) is 11.8 Å². The van der Waals surface area contributed by atoms with E-state index in [1.807, 2.05) is 13.8 Å². The normalized spacial score (nSPS) is 23.2. The van der Waals surface area contributed by atoms with Gasteiger partial charge < -0.3 is 26.2 Å². The number of hydrogen-bond donors (Lipinski definition) is 4. The Morgan fingerprint density at radius 2 is 2.00 bits per heavy atom. The van der Waals surface area contributed by atoms with Crippen LogP contribution in [0.2, 0.25) is 0 Å². The van der Waals surface area contributed by atoms with Gasteiger partial charge in [0.25, 0.3) is 0 Å². The largest absolute Gasteiger partial charge is 0.480 e. The number of likely N-dealkylation sites (tertiary alicyclic amines) is 1. The van der Waals surface area contributed by atoms with Crippen LogP contribution in [0.15, 0.2) is 0 Å². The highest BCUT2D eigenvalue weighted by Gasteiger charge is 2.40. The van der Waals surface area contributed by atoms with E-state index in [0.29, 0.717) is 6.42 Å². The third-order valence-corrected chi connectivity index (χ3v) is 3.32. The third-order valence-electron chi connectivity index (χ3n) is 3.32. The second kappa shape index (κ2) is 7.37. The Morgan fingerprint density at radius 1 is 1.38 bits per heavy atom. The van der Waals surface area contributed by atoms with E-state index in [2.05, 4.69) is 5.32 Å². The fourth-order valence-corrected chi connectivity index (χ4v) is 2.41. The number of aliphatic hydroxyl groups is 1. The van der Waals surface area contributed by atoms with Crippen LogP contribution < -0.4 is 11.1 Å². The van der Waals surface area contributed by atoms with Crippen LogP contribution in [0.5, 0.6) is 0 Å². The molecular formula is C13H23N3O5. The maximum atomic E-state index is 12.3. The molecule has 1 aliphatic rings. The number of nitrogens with zero attached hydrogens (tertiary/aromatic N) is 1. The van der Waals surface area contributed by atoms with Crippen molar-refractivity contribution >= 4 is 17.8 Å². The molecule has 0 aromatic heterocycles. The van der Waals surface area contributed by atoms with Crippen molar-refractivity contribution in [2.75, 3.05) is 13.1 Å². The van der Waals surface area contributed by atoms with Gasteiger partial charge in [-0.3, -0.25) is 14.4 Å². The first-order valence-electron chi connectivity index (χ1n) is 6.96. The lowest BCUT2D eigenvalue weighted by Crippen LogP contribution is -2.52. The van der Waals surface area contributed by atoms with Gasteiger partial charge in [0, 0.05) is 13.0 Å². The van der Waals surface area contributed by atoms with E-state index in [4.69, 9.17) is 10.8 Å². The molecule has 0 aromatic carbocycles. The molecule has 0 bridgehead atoms. The summed E-state index contributed by atoms with van der Waals surface area (Å²) in [6, 6.07) is -1.60. The third kappa shape index (κ3) is 4.98. The molecule has 5 N–H and O–H groups in total. The minimum Gasteiger partial charge on any atom is -0.480 e. The molecule has 0 unspecified atom stereocenters. The maximum absolute atomic E-state index is 12.3. The van der Waals surface area contributed by atoms with Crippen LogP contribution >= 0.6 is 0 Å². The number of carbonyl (C=O) groups excluding carboxylic acids is 2. The number of carbonyl (C=O) groups is 3. The molecule has 8 nitrogen and oxygen atoms in total. The Labute approximate surface area is 123 Å². The van der Waals surface area contributed by atoms with E-state index in [0.717, 1.165) is 0 Å². The molecule has 0 aliphatic carbocycles. The number of β-amino-alcohol motifs (C(OH)–C–C–N with tert-alkyl or cyclic N) is 1. The van der Waals surface area contributed by atoms with Gasteiger partial charge in [-0.2, -0.15) is 0 Å². The van der Waals surface area contributed by atoms with Gasteiger partial charge in [-0.25, -0.2) is 0 Å². The Kier molecular flexibility index (Phi) is 6.10. The highest BCUT2D eigenvalue weighted by atomic mass is 16.4. The lowest BCUT2D eigenvalue weighted by Gasteiger charge is -2.26. The molecule has 0 spiro atoms. The second-order valence-corrected chi connectivity index (χ2v) is 5.74. The summed E-state index contributed by atoms with van der Waals surface area (Å²) in [5.41, 5.74) is 5.83. The predicted molar refractivity (Wildman–Crippen MR) is 74.2 cm³/mol. The molecule has 3 atom stereocenters. The number of nitrogens with one attached hydrogen (secondary N) is 1. The molecule has 0 saturated carbocycles. The van der Waals surface area contributed by atoms with Crippen molar-refractivity contribution in [1.82, 2.24) is 10.2 Å². The van der Waals surface area contributed by atoms with Gasteiger partial charge in [0.05, 0.1) is 12.1 Å². The first kappa shape index (κ1) is 17.4. The molecule has 2 amide bonds. The molecule has 21 heavy (non-hydrogen) atoms. The Balaban J connectivity index is 2.71. The summed E-state index contributed by atoms with van der Waals surface area (Å²) in [6.07, 6.45) is -0.235. The average molecular weight is 301 g/mol. The highest BCUT2D eigenvalue weighted by molar-refractivity contribution is 5.91. The van der Waals surface area contributed by atoms with Gasteiger partial charge in [-0.1, -0.05) is 13.8 Å². The number of nitrogens with two attached hydrogens (primary N) is 1. The van der Waals surface area contributed by atoms with Crippen molar-refractivity contribution in [3.05, 3.63) is 0 Å². The Bertz CT molecular complexity index is 413. The summed E-state index contributed by atoms with van der Waals surface area (Å²) >= 11 is 0. The number of aliphatic carboxylic acids is 1. The van der Waals surface area contributed by atoms with Crippen LogP contribution in [-0.2, 0) is 14.4 Å². The summed E-state index contributed by atoms with van der Waals surface area (Å²) in [5.74, 6) is -1.91. The highest BCUT2D eigenvalue weighted by Crippen LogP contribution is 2.20. The number of rotatable bonds is 6. The van der Waals surface area contributed by atoms with Crippen LogP contribution in [-0.4, -0.2) is 64.2 Å². The molecule has 1 fully saturated rings. The molecule has 1 aliphatic heterocycles. The van der Waals surface area contributed by atoms with Gasteiger partial charge in [-0.05, 0) is 12.3 Å². The smallest absolute Gasteiger partial charge is 0.322 e. The summed E-state index contributed by atoms with van der Waals surface area (Å²) in [7, 11) is 0. The van der Waals surface area contributed by atoms with E-state index in [1.54, 1.807) is 0 Å². The number of carboxylic acid groups (broad SMARTS) is 1. The van der Waals surface area contributed by atoms with E-state index in [-0.39, 0.29) is 18.9 Å². The molecule has 1 heterocycles. The standard InChI is InChI=1S/C13H23N3O5/c1-7(2)3-9(14)13(21)16-6-8(17)4-10(16)12(20)15-5-11(18)19/h7-10,17H,3-6,14H2,1-2H3,(H,15,20)(H,18,19)/t8-,9+,10+/m1/s1. The summed E-state index contributed by atoms with van der Waals surface area (Å²) in [4.78, 5) is 35.9. The predicted octanol–water partition coefficient (Wildman–Crippen LogP) is -1.48. The van der Waals surface area contributed by atoms with Crippen molar-refractivity contribution in [3.8, 4) is 0 Å². The zero-order valence-corrected chi connectivity index (χ0v) is 12.3. The molecule has 1 saturated heterocycles. The minimum atomic E-state index is -1.17. The fourth-order valence-electron chi connectivity index (χ4n) is 2.41. The lowest BCUT2D eigenvalue weighted by molar-refractivity contribution is -0.141. The Hall–Kier alpha value is -1.67. The van der Waals surface area contributed by atoms with Crippen LogP contribution in [0.1, 0.15) is 26.7 Å². The molecule has 8 heteroatoms. The Morgan fingerprint density at radius 3 is 2.52 bits per heavy atom. The first-order chi connectivity index (χ1) is 9.72. The maximum Gasteiger partial charge on any atom is 0.322 e. The number of carboxylic acids is 1. The zero-order valence-electron chi connectivity index (χ0n) is 12.3. The quantitative estimate of drug-likeness (QED) is 0.473. The second-order valence-electron chi connectivity index (χ2n) is 5.74. The monoisotopic (exact) mass is 301 g/mol. The van der Waals surface area contributed by atoms with Crippen LogP contribution in [0, 0.1) is 5.92 Å². The van der Waals surface area contributed by atoms with E-state index in [1.165, 1.54) is 4.90 Å². The van der Waals surface area contributed by atoms with E-state index < -0.39 is 42.5 Å². The minimum absolute atomic E-state index is 0.0375. The van der Waals surface area contributed by atoms with Crippen LogP contribution in [0.25, 0.3) is 0 Å². The molecule has 1 rings (SSSR count). The van der Waals surface area contributed by atoms with Gasteiger partial charge >= 0.3 is 5.97 Å². The van der Waals surface area contributed by atoms with Gasteiger partial charge in [0.1, 0.15) is 12.6 Å². The fraction of sp³-hybridized carbons (Fsp3) is 0.769. The number of hydrogen-bond acceptors (Lipinski definition) is 5. The van der Waals surface area contributed by atoms with E-state index >= 15 is 0 Å². The van der Waals surface area contributed by atoms with Crippen molar-refractivity contribution < 1.29 is 24.6 Å². The lowest BCUT2D eigenvalue weighted by atomic mass is 10.0. The first-order valence-corrected chi connectivity index (χ1v) is 6.96. The van der Waals surface area contributed by atoms with Crippen molar-refractivity contribution in [2.45, 2.75) is 44.9 Å². The van der Waals surface area contributed by atoms with Gasteiger partial charge in [0.15, 0.2) is 0 Å². The van der Waals surface area contributed by atoms with Crippen molar-refractivity contribution in [1.29, 1.82) is 0 Å².